The molecule has 26 heavy (non-hydrogen) atoms. The van der Waals surface area contributed by atoms with E-state index in [-0.39, 0.29) is 12.7 Å². The van der Waals surface area contributed by atoms with Gasteiger partial charge in [-0.05, 0) is 38.8 Å². The second kappa shape index (κ2) is 8.67. The number of ether oxygens (including phenoxy) is 1. The average Bonchev–Trinajstić information content (AvgIpc) is 3.17. The van der Waals surface area contributed by atoms with Gasteiger partial charge in [-0.1, -0.05) is 0 Å². The number of aromatic nitrogens is 1. The maximum atomic E-state index is 9.81. The first-order chi connectivity index (χ1) is 12.7. The van der Waals surface area contributed by atoms with Gasteiger partial charge in [-0.3, -0.25) is 0 Å². The Hall–Kier alpha value is -1.88. The second-order valence-electron chi connectivity index (χ2n) is 7.03. The fraction of sp³-hybridized carbons (Fsp3) is 0.684. The van der Waals surface area contributed by atoms with Crippen molar-refractivity contribution in [3.8, 4) is 6.07 Å². The van der Waals surface area contributed by atoms with Gasteiger partial charge in [0.25, 0.3) is 0 Å². The van der Waals surface area contributed by atoms with Crippen molar-refractivity contribution in [1.82, 2.24) is 9.88 Å². The van der Waals surface area contributed by atoms with Crippen molar-refractivity contribution in [3.63, 3.8) is 0 Å². The summed E-state index contributed by atoms with van der Waals surface area (Å²) in [5.41, 5.74) is 2.88. The summed E-state index contributed by atoms with van der Waals surface area (Å²) in [4.78, 5) is 9.08. The molecule has 0 spiro atoms. The molecule has 0 saturated carbocycles. The van der Waals surface area contributed by atoms with Crippen LogP contribution in [0.4, 0.5) is 11.6 Å². The van der Waals surface area contributed by atoms with Gasteiger partial charge in [-0.15, -0.1) is 0 Å². The highest BCUT2D eigenvalue weighted by Crippen LogP contribution is 2.33. The van der Waals surface area contributed by atoms with E-state index >= 15 is 0 Å². The van der Waals surface area contributed by atoms with E-state index in [4.69, 9.17) is 9.72 Å². The highest BCUT2D eigenvalue weighted by molar-refractivity contribution is 5.67. The minimum Gasteiger partial charge on any atom is -0.395 e. The summed E-state index contributed by atoms with van der Waals surface area (Å²) in [6.07, 6.45) is 3.26. The quantitative estimate of drug-likeness (QED) is 0.760. The summed E-state index contributed by atoms with van der Waals surface area (Å²) in [6.45, 7) is 6.53. The molecular weight excluding hydrogens is 330 g/mol. The van der Waals surface area contributed by atoms with Crippen LogP contribution in [0.2, 0.25) is 0 Å². The minimum atomic E-state index is 0.0406. The summed E-state index contributed by atoms with van der Waals surface area (Å²) in [6, 6.07) is 2.38. The van der Waals surface area contributed by atoms with Crippen LogP contribution in [0.3, 0.4) is 0 Å². The number of aliphatic hydroxyl groups excluding tert-OH is 1. The fourth-order valence-electron chi connectivity index (χ4n) is 3.80. The normalized spacial score (nSPS) is 19.8. The average molecular weight is 359 g/mol. The van der Waals surface area contributed by atoms with Crippen molar-refractivity contribution < 1.29 is 9.84 Å². The molecule has 2 aliphatic rings. The highest BCUT2D eigenvalue weighted by atomic mass is 16.5. The van der Waals surface area contributed by atoms with Crippen molar-refractivity contribution >= 4 is 11.6 Å². The summed E-state index contributed by atoms with van der Waals surface area (Å²) in [7, 11) is 2.09. The topological polar surface area (TPSA) is 84.6 Å². The van der Waals surface area contributed by atoms with Crippen LogP contribution < -0.4 is 10.2 Å². The van der Waals surface area contributed by atoms with Gasteiger partial charge in [-0.25, -0.2) is 4.98 Å². The van der Waals surface area contributed by atoms with E-state index in [0.29, 0.717) is 24.5 Å². The second-order valence-corrected chi connectivity index (χ2v) is 7.03. The molecule has 7 nitrogen and oxygen atoms in total. The number of hydrogen-bond acceptors (Lipinski definition) is 7. The predicted molar refractivity (Wildman–Crippen MR) is 101 cm³/mol. The number of rotatable bonds is 7. The van der Waals surface area contributed by atoms with Crippen molar-refractivity contribution in [2.75, 3.05) is 56.7 Å². The molecule has 3 rings (SSSR count). The van der Waals surface area contributed by atoms with E-state index < -0.39 is 0 Å². The molecule has 1 aromatic rings. The maximum absolute atomic E-state index is 9.81. The predicted octanol–water partition coefficient (Wildman–Crippen LogP) is 1.35. The lowest BCUT2D eigenvalue weighted by Gasteiger charge is -2.31. The minimum absolute atomic E-state index is 0.0406. The van der Waals surface area contributed by atoms with Crippen molar-refractivity contribution in [1.29, 1.82) is 5.26 Å². The van der Waals surface area contributed by atoms with Gasteiger partial charge in [0.05, 0.1) is 18.3 Å². The van der Waals surface area contributed by atoms with Crippen LogP contribution in [-0.4, -0.2) is 67.5 Å². The Balaban J connectivity index is 1.98. The van der Waals surface area contributed by atoms with Crippen LogP contribution in [0.25, 0.3) is 0 Å². The van der Waals surface area contributed by atoms with Crippen molar-refractivity contribution in [2.24, 2.45) is 0 Å². The molecule has 1 unspecified atom stereocenters. The molecule has 7 heteroatoms. The Bertz CT molecular complexity index is 667. The molecule has 0 amide bonds. The number of aliphatic hydroxyl groups is 1. The lowest BCUT2D eigenvalue weighted by Crippen LogP contribution is -2.33. The molecule has 1 atom stereocenters. The van der Waals surface area contributed by atoms with Crippen LogP contribution in [0, 0.1) is 11.3 Å². The molecule has 2 aliphatic heterocycles. The molecule has 0 aromatic carbocycles. The lowest BCUT2D eigenvalue weighted by molar-refractivity contribution is 0.120. The first-order valence-electron chi connectivity index (χ1n) is 9.53. The number of likely N-dealkylation sites (N-methyl/N-ethyl adjacent to an activating group) is 2. The lowest BCUT2D eigenvalue weighted by atomic mass is 9.95. The largest absolute Gasteiger partial charge is 0.395 e. The number of nitriles is 1. The first kappa shape index (κ1) is 18.9. The smallest absolute Gasteiger partial charge is 0.149 e. The molecule has 1 saturated heterocycles. The van der Waals surface area contributed by atoms with Crippen LogP contribution in [0.15, 0.2) is 0 Å². The monoisotopic (exact) mass is 359 g/mol. The third-order valence-corrected chi connectivity index (χ3v) is 5.25. The summed E-state index contributed by atoms with van der Waals surface area (Å²) < 4.78 is 5.73. The van der Waals surface area contributed by atoms with Gasteiger partial charge in [0.1, 0.15) is 17.7 Å². The first-order valence-corrected chi connectivity index (χ1v) is 9.53. The number of pyridine rings is 1. The molecule has 2 N–H and O–H groups in total. The number of hydrogen-bond donors (Lipinski definition) is 2. The van der Waals surface area contributed by atoms with Gasteiger partial charge >= 0.3 is 0 Å². The van der Waals surface area contributed by atoms with Gasteiger partial charge in [0, 0.05) is 44.9 Å². The zero-order valence-corrected chi connectivity index (χ0v) is 15.8. The molecule has 1 aromatic heterocycles. The number of nitrogens with one attached hydrogen (secondary N) is 1. The molecule has 142 valence electrons. The van der Waals surface area contributed by atoms with Crippen LogP contribution >= 0.6 is 0 Å². The summed E-state index contributed by atoms with van der Waals surface area (Å²) in [5.74, 6) is 1.54. The molecule has 0 radical (unpaired) electrons. The number of nitrogens with zero attached hydrogens (tertiary/aromatic N) is 4. The molecular formula is C19H29N5O2. The Morgan fingerprint density at radius 3 is 2.96 bits per heavy atom. The van der Waals surface area contributed by atoms with Gasteiger partial charge in [0.2, 0.25) is 0 Å². The molecule has 0 bridgehead atoms. The van der Waals surface area contributed by atoms with E-state index in [1.165, 1.54) is 0 Å². The van der Waals surface area contributed by atoms with Gasteiger partial charge < -0.3 is 25.0 Å². The molecule has 0 aliphatic carbocycles. The third-order valence-electron chi connectivity index (χ3n) is 5.25. The van der Waals surface area contributed by atoms with Crippen molar-refractivity contribution in [2.45, 2.75) is 38.8 Å². The van der Waals surface area contributed by atoms with Gasteiger partial charge in [-0.2, -0.15) is 5.26 Å². The number of anilines is 2. The Morgan fingerprint density at radius 2 is 2.31 bits per heavy atom. The Labute approximate surface area is 155 Å². The summed E-state index contributed by atoms with van der Waals surface area (Å²) >= 11 is 0. The summed E-state index contributed by atoms with van der Waals surface area (Å²) in [5, 5.41) is 22.7. The molecule has 1 fully saturated rings. The standard InChI is InChI=1S/C19H29N5O2/c1-3-24(8-9-25)19-16(11-20)15-6-7-23(2)13-17(15)18(22-19)21-12-14-5-4-10-26-14/h14,25H,3-10,12-13H2,1-2H3,(H,21,22). The van der Waals surface area contributed by atoms with E-state index in [9.17, 15) is 10.4 Å². The SMILES string of the molecule is CCN(CCO)c1nc(NCC2CCCO2)c2c(c1C#N)CCN(C)C2. The van der Waals surface area contributed by atoms with E-state index in [1.54, 1.807) is 0 Å². The number of fused-ring (bicyclic) bond motifs is 1. The van der Waals surface area contributed by atoms with E-state index in [0.717, 1.165) is 62.4 Å². The fourth-order valence-corrected chi connectivity index (χ4v) is 3.80. The van der Waals surface area contributed by atoms with E-state index in [2.05, 4.69) is 23.3 Å². The molecule has 3 heterocycles. The Morgan fingerprint density at radius 1 is 1.46 bits per heavy atom. The Kier molecular flexibility index (Phi) is 6.30. The third kappa shape index (κ3) is 3.93. The van der Waals surface area contributed by atoms with E-state index in [1.807, 2.05) is 11.8 Å². The van der Waals surface area contributed by atoms with Crippen LogP contribution in [0.1, 0.15) is 36.5 Å². The highest BCUT2D eigenvalue weighted by Gasteiger charge is 2.26. The van der Waals surface area contributed by atoms with Crippen LogP contribution in [-0.2, 0) is 17.7 Å². The van der Waals surface area contributed by atoms with Crippen molar-refractivity contribution in [3.05, 3.63) is 16.7 Å². The van der Waals surface area contributed by atoms with Gasteiger partial charge in [0.15, 0.2) is 0 Å². The zero-order valence-electron chi connectivity index (χ0n) is 15.8. The maximum Gasteiger partial charge on any atom is 0.149 e. The zero-order chi connectivity index (χ0) is 18.5. The van der Waals surface area contributed by atoms with Crippen LogP contribution in [0.5, 0.6) is 0 Å².